The third-order valence-corrected chi connectivity index (χ3v) is 7.03. The third kappa shape index (κ3) is 4.20. The van der Waals surface area contributed by atoms with Crippen LogP contribution in [0.2, 0.25) is 0 Å². The number of rotatable bonds is 4. The van der Waals surface area contributed by atoms with E-state index >= 15 is 0 Å². The molecule has 1 aliphatic heterocycles. The predicted molar refractivity (Wildman–Crippen MR) is 103 cm³/mol. The molecule has 0 bridgehead atoms. The summed E-state index contributed by atoms with van der Waals surface area (Å²) < 4.78 is 0. The quantitative estimate of drug-likeness (QED) is 0.834. The predicted octanol–water partition coefficient (Wildman–Crippen LogP) is 4.46. The molecule has 1 aliphatic carbocycles. The largest absolute Gasteiger partial charge is 0.349 e. The highest BCUT2D eigenvalue weighted by Gasteiger charge is 2.32. The Morgan fingerprint density at radius 2 is 2.00 bits per heavy atom. The molecule has 0 atom stereocenters. The minimum Gasteiger partial charge on any atom is -0.349 e. The number of hydrogen-bond acceptors (Lipinski definition) is 3. The first-order valence-electron chi connectivity index (χ1n) is 9.26. The Balaban J connectivity index is 1.59. The second kappa shape index (κ2) is 7.40. The molecule has 1 saturated carbocycles. The number of fused-ring (bicyclic) bond motifs is 1. The molecule has 5 heteroatoms. The smallest absolute Gasteiger partial charge is 0.251 e. The van der Waals surface area contributed by atoms with Crippen LogP contribution in [-0.4, -0.2) is 23.6 Å². The molecule has 2 amide bonds. The van der Waals surface area contributed by atoms with Gasteiger partial charge in [-0.3, -0.25) is 9.59 Å². The molecular formula is C20H28N2O2S. The third-order valence-electron chi connectivity index (χ3n) is 5.95. The molecule has 0 aromatic heterocycles. The van der Waals surface area contributed by atoms with E-state index in [-0.39, 0.29) is 17.9 Å². The van der Waals surface area contributed by atoms with E-state index in [2.05, 4.69) is 31.4 Å². The van der Waals surface area contributed by atoms with Gasteiger partial charge in [0.1, 0.15) is 0 Å². The van der Waals surface area contributed by atoms with Crippen LogP contribution in [0.4, 0.5) is 5.69 Å². The van der Waals surface area contributed by atoms with Crippen molar-refractivity contribution in [3.05, 3.63) is 23.8 Å². The number of anilines is 1. The molecule has 0 unspecified atom stereocenters. The van der Waals surface area contributed by atoms with Crippen LogP contribution in [0.1, 0.15) is 63.2 Å². The summed E-state index contributed by atoms with van der Waals surface area (Å²) in [6.45, 7) is 6.98. The van der Waals surface area contributed by atoms with E-state index in [1.807, 2.05) is 12.1 Å². The second-order valence-corrected chi connectivity index (χ2v) is 8.93. The molecule has 4 nitrogen and oxygen atoms in total. The molecule has 2 aliphatic rings. The highest BCUT2D eigenvalue weighted by molar-refractivity contribution is 8.00. The number of thioether (sulfide) groups is 1. The van der Waals surface area contributed by atoms with Crippen molar-refractivity contribution in [1.82, 2.24) is 5.32 Å². The van der Waals surface area contributed by atoms with Crippen LogP contribution in [0.5, 0.6) is 0 Å². The lowest BCUT2D eigenvalue weighted by molar-refractivity contribution is -0.113. The average molecular weight is 361 g/mol. The van der Waals surface area contributed by atoms with Crippen molar-refractivity contribution in [3.63, 3.8) is 0 Å². The van der Waals surface area contributed by atoms with Crippen molar-refractivity contribution in [3.8, 4) is 0 Å². The van der Waals surface area contributed by atoms with Crippen molar-refractivity contribution in [2.75, 3.05) is 11.1 Å². The van der Waals surface area contributed by atoms with Crippen LogP contribution in [0.3, 0.4) is 0 Å². The lowest BCUT2D eigenvalue weighted by atomic mass is 9.69. The van der Waals surface area contributed by atoms with Gasteiger partial charge in [0.25, 0.3) is 5.91 Å². The molecule has 0 radical (unpaired) electrons. The van der Waals surface area contributed by atoms with Crippen molar-refractivity contribution < 1.29 is 9.59 Å². The Kier molecular flexibility index (Phi) is 5.42. The summed E-state index contributed by atoms with van der Waals surface area (Å²) in [5, 5.41) is 6.03. The molecule has 136 valence electrons. The number of carbonyl (C=O) groups is 2. The van der Waals surface area contributed by atoms with Crippen molar-refractivity contribution in [2.45, 2.75) is 63.8 Å². The molecular weight excluding hydrogens is 332 g/mol. The highest BCUT2D eigenvalue weighted by atomic mass is 32.2. The zero-order chi connectivity index (χ0) is 18.0. The number of hydrogen-bond donors (Lipinski definition) is 2. The number of amides is 2. The van der Waals surface area contributed by atoms with Gasteiger partial charge in [-0.15, -0.1) is 11.8 Å². The lowest BCUT2D eigenvalue weighted by Gasteiger charge is -2.39. The summed E-state index contributed by atoms with van der Waals surface area (Å²) in [6.07, 6.45) is 5.67. The molecule has 1 heterocycles. The van der Waals surface area contributed by atoms with Gasteiger partial charge in [0.2, 0.25) is 5.91 Å². The Labute approximate surface area is 154 Å². The summed E-state index contributed by atoms with van der Waals surface area (Å²) in [5.41, 5.74) is 1.77. The van der Waals surface area contributed by atoms with Gasteiger partial charge in [-0.25, -0.2) is 0 Å². The molecule has 2 N–H and O–H groups in total. The maximum Gasteiger partial charge on any atom is 0.251 e. The fourth-order valence-electron chi connectivity index (χ4n) is 3.80. The standard InChI is InChI=1S/C20H28N2O2S/c1-4-20(2,3)14-6-8-15(9-7-14)21-19(24)13-5-10-17-16(11-13)22-18(23)12-25-17/h5,10-11,14-15H,4,6-9,12H2,1-3H3,(H,21,24)(H,22,23). The van der Waals surface area contributed by atoms with Crippen LogP contribution in [0.25, 0.3) is 0 Å². The van der Waals surface area contributed by atoms with Gasteiger partial charge in [0.15, 0.2) is 0 Å². The summed E-state index contributed by atoms with van der Waals surface area (Å²) in [4.78, 5) is 25.1. The van der Waals surface area contributed by atoms with E-state index in [1.165, 1.54) is 31.0 Å². The first-order chi connectivity index (χ1) is 11.9. The Bertz CT molecular complexity index is 664. The first-order valence-corrected chi connectivity index (χ1v) is 10.2. The second-order valence-electron chi connectivity index (χ2n) is 7.91. The Morgan fingerprint density at radius 1 is 1.28 bits per heavy atom. The number of carbonyl (C=O) groups excluding carboxylic acids is 2. The molecule has 0 saturated heterocycles. The van der Waals surface area contributed by atoms with Crippen LogP contribution >= 0.6 is 11.8 Å². The maximum absolute atomic E-state index is 12.6. The summed E-state index contributed by atoms with van der Waals surface area (Å²) in [6, 6.07) is 5.83. The summed E-state index contributed by atoms with van der Waals surface area (Å²) in [7, 11) is 0. The van der Waals surface area contributed by atoms with E-state index in [0.29, 0.717) is 16.7 Å². The van der Waals surface area contributed by atoms with E-state index < -0.39 is 0 Å². The topological polar surface area (TPSA) is 58.2 Å². The maximum atomic E-state index is 12.6. The van der Waals surface area contributed by atoms with Crippen molar-refractivity contribution >= 4 is 29.3 Å². The lowest BCUT2D eigenvalue weighted by Crippen LogP contribution is -2.40. The van der Waals surface area contributed by atoms with Crippen molar-refractivity contribution in [2.24, 2.45) is 11.3 Å². The van der Waals surface area contributed by atoms with Gasteiger partial charge in [0.05, 0.1) is 11.4 Å². The number of nitrogens with one attached hydrogen (secondary N) is 2. The molecule has 1 aromatic rings. The van der Waals surface area contributed by atoms with E-state index in [0.717, 1.165) is 29.3 Å². The van der Waals surface area contributed by atoms with Crippen LogP contribution in [-0.2, 0) is 4.79 Å². The van der Waals surface area contributed by atoms with E-state index in [1.54, 1.807) is 6.07 Å². The minimum absolute atomic E-state index is 0.00748. The molecule has 0 spiro atoms. The summed E-state index contributed by atoms with van der Waals surface area (Å²) in [5.74, 6) is 1.15. The molecule has 25 heavy (non-hydrogen) atoms. The van der Waals surface area contributed by atoms with Crippen LogP contribution in [0.15, 0.2) is 23.1 Å². The zero-order valence-corrected chi connectivity index (χ0v) is 16.2. The average Bonchev–Trinajstić information content (AvgIpc) is 2.61. The molecule has 1 fully saturated rings. The fraction of sp³-hybridized carbons (Fsp3) is 0.600. The highest BCUT2D eigenvalue weighted by Crippen LogP contribution is 2.40. The first kappa shape index (κ1) is 18.3. The van der Waals surface area contributed by atoms with Gasteiger partial charge in [-0.05, 0) is 55.2 Å². The van der Waals surface area contributed by atoms with Gasteiger partial charge in [0, 0.05) is 16.5 Å². The monoisotopic (exact) mass is 360 g/mol. The van der Waals surface area contributed by atoms with E-state index in [9.17, 15) is 9.59 Å². The van der Waals surface area contributed by atoms with Crippen LogP contribution in [0, 0.1) is 11.3 Å². The normalized spacial score (nSPS) is 23.6. The number of benzene rings is 1. The molecule has 3 rings (SSSR count). The Hall–Kier alpha value is -1.49. The fourth-order valence-corrected chi connectivity index (χ4v) is 4.59. The van der Waals surface area contributed by atoms with Gasteiger partial charge in [-0.1, -0.05) is 27.2 Å². The van der Waals surface area contributed by atoms with E-state index in [4.69, 9.17) is 0 Å². The molecule has 1 aromatic carbocycles. The van der Waals surface area contributed by atoms with Gasteiger partial charge < -0.3 is 10.6 Å². The SMILES string of the molecule is CCC(C)(C)C1CCC(NC(=O)c2ccc3c(c2)NC(=O)CS3)CC1. The minimum atomic E-state index is -0.0363. The van der Waals surface area contributed by atoms with Crippen LogP contribution < -0.4 is 10.6 Å². The zero-order valence-electron chi connectivity index (χ0n) is 15.4. The van der Waals surface area contributed by atoms with Gasteiger partial charge in [-0.2, -0.15) is 0 Å². The summed E-state index contributed by atoms with van der Waals surface area (Å²) >= 11 is 1.51. The Morgan fingerprint density at radius 3 is 2.68 bits per heavy atom. The van der Waals surface area contributed by atoms with Crippen molar-refractivity contribution in [1.29, 1.82) is 0 Å². The van der Waals surface area contributed by atoms with Gasteiger partial charge >= 0.3 is 0 Å².